The number of allylic oxidation sites excluding steroid dienone is 3. The molecule has 1 saturated carbocycles. The van der Waals surface area contributed by atoms with Crippen LogP contribution in [-0.2, 0) is 35.4 Å². The van der Waals surface area contributed by atoms with E-state index in [1.807, 2.05) is 225 Å². The molecule has 6 aliphatic rings. The van der Waals surface area contributed by atoms with Gasteiger partial charge in [-0.15, -0.1) is 35.7 Å². The van der Waals surface area contributed by atoms with Crippen molar-refractivity contribution in [1.29, 1.82) is 0 Å². The molecule has 18 rings (SSSR count). The fourth-order valence-electron chi connectivity index (χ4n) is 15.5. The Bertz CT molecular complexity index is 5230. The lowest BCUT2D eigenvalue weighted by atomic mass is 9.72. The monoisotopic (exact) mass is 1610 g/mol. The third-order valence-electron chi connectivity index (χ3n) is 21.4. The van der Waals surface area contributed by atoms with Gasteiger partial charge in [0.25, 0.3) is 0 Å². The van der Waals surface area contributed by atoms with E-state index in [4.69, 9.17) is 9.47 Å². The Hall–Kier alpha value is -13.6. The summed E-state index contributed by atoms with van der Waals surface area (Å²) in [6.07, 6.45) is 42.8. The average molecular weight is 1610 g/mol. The van der Waals surface area contributed by atoms with Crippen molar-refractivity contribution in [3.05, 3.63) is 325 Å². The highest BCUT2D eigenvalue weighted by atomic mass is 16.6. The molecule has 2 aromatic carbocycles. The third-order valence-corrected chi connectivity index (χ3v) is 21.4. The van der Waals surface area contributed by atoms with Crippen LogP contribution < -0.4 is 10.6 Å². The van der Waals surface area contributed by atoms with Gasteiger partial charge in [0.15, 0.2) is 0 Å². The van der Waals surface area contributed by atoms with Crippen LogP contribution in [0.3, 0.4) is 0 Å². The molecule has 2 N–H and O–H groups in total. The maximum atomic E-state index is 12.9. The van der Waals surface area contributed by atoms with Gasteiger partial charge in [-0.1, -0.05) is 174 Å². The second-order valence-electron chi connectivity index (χ2n) is 29.7. The van der Waals surface area contributed by atoms with Crippen molar-refractivity contribution >= 4 is 35.0 Å². The van der Waals surface area contributed by atoms with E-state index >= 15 is 0 Å². The molecule has 1 fully saturated rings. The average Bonchev–Trinajstić information content (AvgIpc) is 0.776. The normalized spacial score (nSPS) is 18.6. The standard InChI is InChI=1S/C28H29N5O2.2C20H20N4.C16H21NO2.C12H8N6.CH4/c34-28(31-19-20-11-3-1-4-12-20)35-24-16-6-2-5-13-21-25(24)27(23-15-8-10-18-30-23)33-32-26(21)22-14-7-9-17-29-22;2*1-2-4-10-16-15(9-3-1)19(17-11-5-7-13-21-17)23-24-20(16)18-12-6-8-14-22-18;18-16(17-13-14-9-5-4-6-10-14)19-15-11-7-2-1-3-8-12-15;1-3-7-13-9(5-1)11-15-17-12(18-16-11)10-6-2-4-8-14-10;/h1,3-4,7-12,14-15,17-18,21,24-25H,2,5-6,13,16,19H2,(H,31,34);5-8,11-14H,1-4,9-10H2;5-9,11-14,16H,1-4,10H2;4-7,9-11,15H,1-3,8,12-13H2,(H,17,18);1-8H;1H4/b;;15-9+;11-7+;;. The van der Waals surface area contributed by atoms with Crippen LogP contribution in [0, 0.1) is 17.8 Å². The summed E-state index contributed by atoms with van der Waals surface area (Å²) >= 11 is 0. The zero-order valence-corrected chi connectivity index (χ0v) is 67.3. The highest BCUT2D eigenvalue weighted by Crippen LogP contribution is 2.39. The molecule has 12 heterocycles. The Balaban J connectivity index is 0.000000133. The number of nitrogens with one attached hydrogen (secondary N) is 2. The van der Waals surface area contributed by atoms with Gasteiger partial charge >= 0.3 is 12.2 Å². The summed E-state index contributed by atoms with van der Waals surface area (Å²) in [5.41, 5.74) is 17.9. The van der Waals surface area contributed by atoms with Crippen LogP contribution in [0.4, 0.5) is 9.59 Å². The quantitative estimate of drug-likeness (QED) is 0.0956. The van der Waals surface area contributed by atoms with Crippen LogP contribution in [0.15, 0.2) is 300 Å². The van der Waals surface area contributed by atoms with E-state index in [1.54, 1.807) is 36.9 Å². The zero-order valence-electron chi connectivity index (χ0n) is 67.3. The van der Waals surface area contributed by atoms with Crippen molar-refractivity contribution in [2.24, 2.45) is 38.2 Å². The summed E-state index contributed by atoms with van der Waals surface area (Å²) in [5.74, 6) is 0.939. The lowest BCUT2D eigenvalue weighted by molar-refractivity contribution is 0.0576. The van der Waals surface area contributed by atoms with E-state index in [1.165, 1.54) is 74.5 Å². The molecule has 614 valence electrons. The first-order valence-electron chi connectivity index (χ1n) is 41.9. The van der Waals surface area contributed by atoms with Crippen molar-refractivity contribution in [2.75, 3.05) is 0 Å². The Morgan fingerprint density at radius 3 is 1.25 bits per heavy atom. The van der Waals surface area contributed by atoms with Gasteiger partial charge in [0.1, 0.15) is 40.7 Å². The highest BCUT2D eigenvalue weighted by molar-refractivity contribution is 6.19. The number of pyridine rings is 8. The van der Waals surface area contributed by atoms with Gasteiger partial charge in [-0.05, 0) is 221 Å². The van der Waals surface area contributed by atoms with E-state index < -0.39 is 6.09 Å². The van der Waals surface area contributed by atoms with Crippen molar-refractivity contribution in [1.82, 2.24) is 81.1 Å². The first kappa shape index (κ1) is 85.2. The molecule has 10 aromatic heterocycles. The fraction of sp³-hybridized carbons (Fsp3) is 0.299. The number of carbonyl (C=O) groups is 2. The summed E-state index contributed by atoms with van der Waals surface area (Å²) in [4.78, 5) is 60.0. The van der Waals surface area contributed by atoms with Gasteiger partial charge in [0, 0.05) is 74.5 Å². The first-order valence-corrected chi connectivity index (χ1v) is 41.9. The molecular formula is C97H102N20O4. The molecule has 5 unspecified atom stereocenters. The predicted octanol–water partition coefficient (Wildman–Crippen LogP) is 19.5. The predicted molar refractivity (Wildman–Crippen MR) is 472 cm³/mol. The minimum atomic E-state index is -0.416. The van der Waals surface area contributed by atoms with E-state index in [2.05, 4.69) is 114 Å². The number of ether oxygens (including phenoxy) is 2. The minimum absolute atomic E-state index is 0. The van der Waals surface area contributed by atoms with Gasteiger partial charge in [-0.3, -0.25) is 39.9 Å². The topological polar surface area (TPSA) is 307 Å². The maximum absolute atomic E-state index is 12.9. The molecule has 12 aromatic rings. The molecule has 121 heavy (non-hydrogen) atoms. The highest BCUT2D eigenvalue weighted by Gasteiger charge is 2.43. The molecule has 2 amide bonds. The number of fused-ring (bicyclic) bond motifs is 3. The number of carbonyl (C=O) groups excluding carboxylic acids is 2. The minimum Gasteiger partial charge on any atom is -0.446 e. The molecule has 24 nitrogen and oxygen atoms in total. The van der Waals surface area contributed by atoms with Crippen LogP contribution >= 0.6 is 0 Å². The third kappa shape index (κ3) is 24.5. The number of hydrogen-bond acceptors (Lipinski definition) is 22. The Morgan fingerprint density at radius 2 is 0.744 bits per heavy atom. The summed E-state index contributed by atoms with van der Waals surface area (Å²) in [6.45, 7) is 0.929. The summed E-state index contributed by atoms with van der Waals surface area (Å²) in [5, 5.41) is 49.2. The van der Waals surface area contributed by atoms with E-state index in [9.17, 15) is 9.59 Å². The van der Waals surface area contributed by atoms with Gasteiger partial charge in [-0.2, -0.15) is 15.3 Å². The molecular weight excluding hydrogens is 1510 g/mol. The van der Waals surface area contributed by atoms with Gasteiger partial charge in [0.05, 0.1) is 57.2 Å². The van der Waals surface area contributed by atoms with Crippen LogP contribution in [-0.4, -0.2) is 118 Å². The van der Waals surface area contributed by atoms with Crippen molar-refractivity contribution in [2.45, 2.75) is 168 Å². The number of rotatable bonds is 14. The van der Waals surface area contributed by atoms with Crippen LogP contribution in [0.25, 0.3) is 45.8 Å². The lowest BCUT2D eigenvalue weighted by Gasteiger charge is -2.37. The summed E-state index contributed by atoms with van der Waals surface area (Å²) in [6, 6.07) is 66.1. The Kier molecular flexibility index (Phi) is 32.3. The Morgan fingerprint density at radius 1 is 0.347 bits per heavy atom. The Labute approximate surface area is 707 Å². The molecule has 0 radical (unpaired) electrons. The lowest BCUT2D eigenvalue weighted by Crippen LogP contribution is -2.45. The molecule has 0 spiro atoms. The number of nitrogens with zero attached hydrogens (tertiary/aromatic N) is 18. The number of amides is 2. The van der Waals surface area contributed by atoms with E-state index in [-0.39, 0.29) is 43.5 Å². The van der Waals surface area contributed by atoms with Gasteiger partial charge < -0.3 is 20.1 Å². The van der Waals surface area contributed by atoms with Crippen LogP contribution in [0.2, 0.25) is 0 Å². The molecule has 4 aliphatic carbocycles. The smallest absolute Gasteiger partial charge is 0.407 e. The zero-order chi connectivity index (χ0) is 81.8. The fourth-order valence-corrected chi connectivity index (χ4v) is 15.5. The van der Waals surface area contributed by atoms with E-state index in [0.717, 1.165) is 157 Å². The van der Waals surface area contributed by atoms with E-state index in [0.29, 0.717) is 36.1 Å². The second kappa shape index (κ2) is 45.9. The number of benzene rings is 2. The summed E-state index contributed by atoms with van der Waals surface area (Å²) < 4.78 is 11.5. The molecule has 5 atom stereocenters. The van der Waals surface area contributed by atoms with Crippen molar-refractivity contribution in [3.8, 4) is 45.8 Å². The molecule has 2 aliphatic heterocycles. The van der Waals surface area contributed by atoms with Crippen molar-refractivity contribution < 1.29 is 19.1 Å². The van der Waals surface area contributed by atoms with Gasteiger partial charge in [-0.25, -0.2) is 9.59 Å². The number of hydrogen-bond donors (Lipinski definition) is 2. The van der Waals surface area contributed by atoms with Crippen LogP contribution in [0.5, 0.6) is 0 Å². The second-order valence-corrected chi connectivity index (χ2v) is 29.7. The number of alkyl carbamates (subject to hydrolysis) is 2. The SMILES string of the molecule is C.C1=C2/C(c3ccccn3)=NN=C(c3ccccn3)C2CCCCC/1.O=C(NCc1ccccc1)OC1/C=C/CCCCC1.O=C(NCc1ccccc1)OC1CCCCCC2C(c3ccccn3)=NN=C(c3ccccn3)C12.c1ccc(-c2nnc(-c3ccccn3)c3c2CCCCCC3)nc1.c1ccc(-c2nnc(-c3ccccn3)nn2)nc1. The van der Waals surface area contributed by atoms with Crippen molar-refractivity contribution in [3.63, 3.8) is 0 Å². The first-order chi connectivity index (χ1) is 59.4. The van der Waals surface area contributed by atoms with Gasteiger partial charge in [0.2, 0.25) is 11.6 Å². The molecule has 24 heteroatoms. The van der Waals surface area contributed by atoms with Crippen LogP contribution in [0.1, 0.15) is 174 Å². The maximum Gasteiger partial charge on any atom is 0.407 e. The molecule has 0 bridgehead atoms. The largest absolute Gasteiger partial charge is 0.446 e. The molecule has 0 saturated heterocycles. The number of aromatic nitrogens is 14. The summed E-state index contributed by atoms with van der Waals surface area (Å²) in [7, 11) is 0.